The first kappa shape index (κ1) is 9.58. The zero-order chi connectivity index (χ0) is 9.52. The van der Waals surface area contributed by atoms with Gasteiger partial charge in [0, 0.05) is 6.54 Å². The van der Waals surface area contributed by atoms with Gasteiger partial charge in [0.25, 0.3) is 0 Å². The third kappa shape index (κ3) is 3.15. The number of aryl methyl sites for hydroxylation is 1. The van der Waals surface area contributed by atoms with E-state index < -0.39 is 0 Å². The second kappa shape index (κ2) is 5.19. The maximum Gasteiger partial charge on any atom is 0.207 e. The maximum atomic E-state index is 9.92. The number of nitrogens with one attached hydrogen (secondary N) is 1. The smallest absolute Gasteiger partial charge is 0.207 e. The summed E-state index contributed by atoms with van der Waals surface area (Å²) in [5.41, 5.74) is 0.926. The number of amides is 1. The Bertz CT molecular complexity index is 273. The molecule has 0 aliphatic rings. The van der Waals surface area contributed by atoms with Crippen LogP contribution in [-0.2, 0) is 11.2 Å². The Labute approximate surface area is 77.4 Å². The lowest BCUT2D eigenvalue weighted by atomic mass is 10.1. The van der Waals surface area contributed by atoms with Crippen molar-refractivity contribution >= 4 is 6.41 Å². The first-order valence-corrected chi connectivity index (χ1v) is 4.28. The van der Waals surface area contributed by atoms with Crippen molar-refractivity contribution in [3.63, 3.8) is 0 Å². The molecule has 13 heavy (non-hydrogen) atoms. The molecular formula is C10H13NO2. The SMILES string of the molecule is O=CNCCCc1ccccc1O. The summed E-state index contributed by atoms with van der Waals surface area (Å²) in [6.07, 6.45) is 2.31. The van der Waals surface area contributed by atoms with E-state index in [-0.39, 0.29) is 0 Å². The van der Waals surface area contributed by atoms with Crippen LogP contribution in [0.15, 0.2) is 24.3 Å². The minimum Gasteiger partial charge on any atom is -0.508 e. The monoisotopic (exact) mass is 179 g/mol. The average Bonchev–Trinajstić information content (AvgIpc) is 2.15. The van der Waals surface area contributed by atoms with Crippen LogP contribution in [0.1, 0.15) is 12.0 Å². The van der Waals surface area contributed by atoms with E-state index in [0.29, 0.717) is 18.7 Å². The van der Waals surface area contributed by atoms with Crippen LogP contribution < -0.4 is 5.32 Å². The number of phenols is 1. The minimum absolute atomic E-state index is 0.327. The van der Waals surface area contributed by atoms with E-state index in [2.05, 4.69) is 5.32 Å². The van der Waals surface area contributed by atoms with Crippen LogP contribution in [0, 0.1) is 0 Å². The van der Waals surface area contributed by atoms with Gasteiger partial charge >= 0.3 is 0 Å². The fourth-order valence-corrected chi connectivity index (χ4v) is 1.16. The molecule has 0 spiro atoms. The number of hydrogen-bond acceptors (Lipinski definition) is 2. The third-order valence-electron chi connectivity index (χ3n) is 1.84. The second-order valence-electron chi connectivity index (χ2n) is 2.80. The first-order chi connectivity index (χ1) is 6.34. The number of carbonyl (C=O) groups excluding carboxylic acids is 1. The number of carbonyl (C=O) groups is 1. The fraction of sp³-hybridized carbons (Fsp3) is 0.300. The molecule has 1 amide bonds. The molecule has 0 bridgehead atoms. The zero-order valence-electron chi connectivity index (χ0n) is 7.36. The van der Waals surface area contributed by atoms with Gasteiger partial charge in [0.1, 0.15) is 5.75 Å². The predicted molar refractivity (Wildman–Crippen MR) is 50.5 cm³/mol. The standard InChI is InChI=1S/C10H13NO2/c12-8-11-7-3-5-9-4-1-2-6-10(9)13/h1-2,4,6,8,13H,3,5,7H2,(H,11,12). The van der Waals surface area contributed by atoms with Gasteiger partial charge in [-0.2, -0.15) is 0 Å². The number of para-hydroxylation sites is 1. The van der Waals surface area contributed by atoms with E-state index >= 15 is 0 Å². The van der Waals surface area contributed by atoms with Crippen molar-refractivity contribution in [1.82, 2.24) is 5.32 Å². The summed E-state index contributed by atoms with van der Waals surface area (Å²) in [5.74, 6) is 0.327. The van der Waals surface area contributed by atoms with Crippen LogP contribution in [0.3, 0.4) is 0 Å². The largest absolute Gasteiger partial charge is 0.508 e. The summed E-state index contributed by atoms with van der Waals surface area (Å²) in [6, 6.07) is 7.24. The van der Waals surface area contributed by atoms with Gasteiger partial charge < -0.3 is 10.4 Å². The summed E-state index contributed by atoms with van der Waals surface area (Å²) in [6.45, 7) is 0.651. The number of aromatic hydroxyl groups is 1. The Hall–Kier alpha value is -1.51. The molecular weight excluding hydrogens is 166 g/mol. The van der Waals surface area contributed by atoms with E-state index in [4.69, 9.17) is 0 Å². The van der Waals surface area contributed by atoms with E-state index in [9.17, 15) is 9.90 Å². The van der Waals surface area contributed by atoms with Crippen LogP contribution in [-0.4, -0.2) is 18.1 Å². The van der Waals surface area contributed by atoms with Crippen molar-refractivity contribution in [2.75, 3.05) is 6.54 Å². The van der Waals surface area contributed by atoms with Gasteiger partial charge in [0.2, 0.25) is 6.41 Å². The lowest BCUT2D eigenvalue weighted by Crippen LogP contribution is -2.12. The fourth-order valence-electron chi connectivity index (χ4n) is 1.16. The number of phenolic OH excluding ortho intramolecular Hbond substituents is 1. The quantitative estimate of drug-likeness (QED) is 0.524. The van der Waals surface area contributed by atoms with Gasteiger partial charge in [0.15, 0.2) is 0 Å². The molecule has 0 radical (unpaired) electrons. The lowest BCUT2D eigenvalue weighted by molar-refractivity contribution is -0.109. The lowest BCUT2D eigenvalue weighted by Gasteiger charge is -2.02. The Kier molecular flexibility index (Phi) is 3.82. The minimum atomic E-state index is 0.327. The average molecular weight is 179 g/mol. The first-order valence-electron chi connectivity index (χ1n) is 4.28. The molecule has 1 aromatic carbocycles. The normalized spacial score (nSPS) is 9.54. The van der Waals surface area contributed by atoms with Crippen LogP contribution in [0.4, 0.5) is 0 Å². The van der Waals surface area contributed by atoms with Crippen LogP contribution in [0.2, 0.25) is 0 Å². The van der Waals surface area contributed by atoms with Gasteiger partial charge in [-0.05, 0) is 24.5 Å². The number of benzene rings is 1. The molecule has 0 heterocycles. The summed E-state index contributed by atoms with van der Waals surface area (Å²) >= 11 is 0. The summed E-state index contributed by atoms with van der Waals surface area (Å²) in [7, 11) is 0. The van der Waals surface area contributed by atoms with Gasteiger partial charge in [-0.15, -0.1) is 0 Å². The molecule has 2 N–H and O–H groups in total. The molecule has 3 heteroatoms. The van der Waals surface area contributed by atoms with Gasteiger partial charge in [0.05, 0.1) is 0 Å². The van der Waals surface area contributed by atoms with E-state index in [0.717, 1.165) is 18.4 Å². The van der Waals surface area contributed by atoms with Crippen LogP contribution in [0.5, 0.6) is 5.75 Å². The second-order valence-corrected chi connectivity index (χ2v) is 2.80. The highest BCUT2D eigenvalue weighted by atomic mass is 16.3. The highest BCUT2D eigenvalue weighted by molar-refractivity contribution is 5.45. The van der Waals surface area contributed by atoms with Crippen LogP contribution >= 0.6 is 0 Å². The topological polar surface area (TPSA) is 49.3 Å². The maximum absolute atomic E-state index is 9.92. The molecule has 0 aliphatic carbocycles. The zero-order valence-corrected chi connectivity index (χ0v) is 7.36. The van der Waals surface area contributed by atoms with Crippen molar-refractivity contribution in [2.24, 2.45) is 0 Å². The van der Waals surface area contributed by atoms with Gasteiger partial charge in [-0.1, -0.05) is 18.2 Å². The molecule has 0 fully saturated rings. The Balaban J connectivity index is 2.36. The van der Waals surface area contributed by atoms with Crippen molar-refractivity contribution in [3.8, 4) is 5.75 Å². The number of hydrogen-bond donors (Lipinski definition) is 2. The molecule has 0 unspecified atom stereocenters. The van der Waals surface area contributed by atoms with Crippen molar-refractivity contribution in [3.05, 3.63) is 29.8 Å². The summed E-state index contributed by atoms with van der Waals surface area (Å²) in [4.78, 5) is 9.92. The van der Waals surface area contributed by atoms with Crippen molar-refractivity contribution < 1.29 is 9.90 Å². The molecule has 0 atom stereocenters. The van der Waals surface area contributed by atoms with E-state index in [1.807, 2.05) is 12.1 Å². The predicted octanol–water partition coefficient (Wildman–Crippen LogP) is 1.07. The molecule has 70 valence electrons. The molecule has 0 aromatic heterocycles. The van der Waals surface area contributed by atoms with E-state index in [1.165, 1.54) is 0 Å². The Morgan fingerprint density at radius 2 is 2.15 bits per heavy atom. The Morgan fingerprint density at radius 3 is 2.85 bits per heavy atom. The molecule has 3 nitrogen and oxygen atoms in total. The molecule has 1 aromatic rings. The Morgan fingerprint density at radius 1 is 1.38 bits per heavy atom. The molecule has 0 saturated heterocycles. The van der Waals surface area contributed by atoms with Gasteiger partial charge in [-0.25, -0.2) is 0 Å². The highest BCUT2D eigenvalue weighted by Gasteiger charge is 1.97. The highest BCUT2D eigenvalue weighted by Crippen LogP contribution is 2.16. The number of rotatable bonds is 5. The van der Waals surface area contributed by atoms with Crippen molar-refractivity contribution in [2.45, 2.75) is 12.8 Å². The summed E-state index contributed by atoms with van der Waals surface area (Å²) in [5, 5.41) is 12.0. The van der Waals surface area contributed by atoms with Gasteiger partial charge in [-0.3, -0.25) is 4.79 Å². The summed E-state index contributed by atoms with van der Waals surface area (Å²) < 4.78 is 0. The third-order valence-corrected chi connectivity index (χ3v) is 1.84. The molecule has 1 rings (SSSR count). The van der Waals surface area contributed by atoms with Crippen LogP contribution in [0.25, 0.3) is 0 Å². The molecule has 0 aliphatic heterocycles. The molecule has 0 saturated carbocycles. The van der Waals surface area contributed by atoms with Crippen molar-refractivity contribution in [1.29, 1.82) is 0 Å². The van der Waals surface area contributed by atoms with E-state index in [1.54, 1.807) is 12.1 Å².